The number of nitrogens with zero attached hydrogens (tertiary/aromatic N) is 3. The van der Waals surface area contributed by atoms with Gasteiger partial charge in [-0.3, -0.25) is 3.97 Å². The number of morpholine rings is 1. The van der Waals surface area contributed by atoms with Crippen molar-refractivity contribution >= 4 is 29.5 Å². The van der Waals surface area contributed by atoms with Crippen LogP contribution >= 0.6 is 12.8 Å². The molecule has 5 heteroatoms. The van der Waals surface area contributed by atoms with Crippen molar-refractivity contribution in [1.29, 1.82) is 0 Å². The molecule has 0 N–H and O–H groups in total. The number of hydrogen-bond acceptors (Lipinski definition) is 4. The van der Waals surface area contributed by atoms with Crippen molar-refractivity contribution in [3.63, 3.8) is 0 Å². The third kappa shape index (κ3) is 1.83. The zero-order valence-electron chi connectivity index (χ0n) is 10.9. The molecule has 0 saturated carbocycles. The Labute approximate surface area is 117 Å². The van der Waals surface area contributed by atoms with Gasteiger partial charge < -0.3 is 9.64 Å². The van der Waals surface area contributed by atoms with Crippen LogP contribution in [0.4, 0.5) is 5.69 Å². The Morgan fingerprint density at radius 1 is 1.32 bits per heavy atom. The summed E-state index contributed by atoms with van der Waals surface area (Å²) in [4.78, 5) is 6.96. The van der Waals surface area contributed by atoms with Crippen molar-refractivity contribution in [3.8, 4) is 0 Å². The summed E-state index contributed by atoms with van der Waals surface area (Å²) in [6.07, 6.45) is 7.17. The Balaban J connectivity index is 1.73. The zero-order valence-corrected chi connectivity index (χ0v) is 11.8. The van der Waals surface area contributed by atoms with E-state index in [9.17, 15) is 0 Å². The molecule has 2 unspecified atom stereocenters. The molecule has 2 atom stereocenters. The Hall–Kier alpha value is -1.20. The molecule has 2 fully saturated rings. The zero-order chi connectivity index (χ0) is 13.0. The molecule has 100 valence electrons. The lowest BCUT2D eigenvalue weighted by Gasteiger charge is -2.33. The van der Waals surface area contributed by atoms with E-state index >= 15 is 0 Å². The Morgan fingerprint density at radius 3 is 2.79 bits per heavy atom. The highest BCUT2D eigenvalue weighted by Gasteiger charge is 2.33. The molecule has 2 aliphatic rings. The van der Waals surface area contributed by atoms with Gasteiger partial charge in [0.1, 0.15) is 5.65 Å². The molecular formula is C14H17N3OS. The number of ether oxygens (including phenoxy) is 1. The second kappa shape index (κ2) is 4.15. The molecule has 4 rings (SSSR count). The maximum absolute atomic E-state index is 5.89. The van der Waals surface area contributed by atoms with E-state index in [-0.39, 0.29) is 0 Å². The van der Waals surface area contributed by atoms with Gasteiger partial charge in [-0.1, -0.05) is 12.8 Å². The Bertz CT molecular complexity index is 627. The van der Waals surface area contributed by atoms with Crippen LogP contribution in [0, 0.1) is 6.92 Å². The van der Waals surface area contributed by atoms with Crippen LogP contribution in [0.1, 0.15) is 18.4 Å². The fourth-order valence-corrected chi connectivity index (χ4v) is 3.56. The lowest BCUT2D eigenvalue weighted by molar-refractivity contribution is 0.0305. The van der Waals surface area contributed by atoms with E-state index in [1.165, 1.54) is 29.5 Å². The first-order valence-electron chi connectivity index (χ1n) is 6.78. The molecular weight excluding hydrogens is 258 g/mol. The largest absolute Gasteiger partial charge is 0.371 e. The van der Waals surface area contributed by atoms with Gasteiger partial charge in [0.2, 0.25) is 0 Å². The van der Waals surface area contributed by atoms with E-state index in [1.54, 1.807) is 3.97 Å². The van der Waals surface area contributed by atoms with Crippen molar-refractivity contribution in [1.82, 2.24) is 8.96 Å². The van der Waals surface area contributed by atoms with Crippen LogP contribution in [0.2, 0.25) is 0 Å². The number of anilines is 1. The highest BCUT2D eigenvalue weighted by molar-refractivity contribution is 7.78. The predicted molar refractivity (Wildman–Crippen MR) is 79.0 cm³/mol. The van der Waals surface area contributed by atoms with Crippen LogP contribution in [0.25, 0.3) is 11.0 Å². The first-order valence-corrected chi connectivity index (χ1v) is 7.18. The van der Waals surface area contributed by atoms with Gasteiger partial charge in [-0.2, -0.15) is 0 Å². The number of pyridine rings is 1. The molecule has 2 bridgehead atoms. The summed E-state index contributed by atoms with van der Waals surface area (Å²) in [5.74, 6) is 0. The minimum Gasteiger partial charge on any atom is -0.371 e. The summed E-state index contributed by atoms with van der Waals surface area (Å²) in [5, 5.41) is 1.19. The van der Waals surface area contributed by atoms with Gasteiger partial charge in [0.15, 0.2) is 0 Å². The van der Waals surface area contributed by atoms with Gasteiger partial charge in [0, 0.05) is 24.7 Å². The first-order chi connectivity index (χ1) is 9.20. The van der Waals surface area contributed by atoms with E-state index in [0.29, 0.717) is 12.2 Å². The Kier molecular flexibility index (Phi) is 2.53. The van der Waals surface area contributed by atoms with Crippen LogP contribution in [0.3, 0.4) is 0 Å². The lowest BCUT2D eigenvalue weighted by Crippen LogP contribution is -2.42. The third-order valence-corrected chi connectivity index (χ3v) is 4.52. The molecule has 0 radical (unpaired) electrons. The minimum absolute atomic E-state index is 0.407. The molecule has 4 heterocycles. The summed E-state index contributed by atoms with van der Waals surface area (Å²) in [5.41, 5.74) is 3.35. The van der Waals surface area contributed by atoms with Crippen molar-refractivity contribution in [2.75, 3.05) is 18.0 Å². The number of rotatable bonds is 1. The maximum atomic E-state index is 5.89. The van der Waals surface area contributed by atoms with E-state index in [1.807, 2.05) is 12.4 Å². The monoisotopic (exact) mass is 275 g/mol. The van der Waals surface area contributed by atoms with Crippen LogP contribution in [0.15, 0.2) is 18.5 Å². The normalized spacial score (nSPS) is 26.3. The molecule has 0 aromatic carbocycles. The summed E-state index contributed by atoms with van der Waals surface area (Å²) < 4.78 is 7.68. The van der Waals surface area contributed by atoms with Crippen molar-refractivity contribution < 1.29 is 4.74 Å². The molecule has 2 aromatic heterocycles. The third-order valence-electron chi connectivity index (χ3n) is 4.22. The fourth-order valence-electron chi connectivity index (χ4n) is 3.23. The fraction of sp³-hybridized carbons (Fsp3) is 0.500. The van der Waals surface area contributed by atoms with Gasteiger partial charge in [0.05, 0.1) is 24.1 Å². The average Bonchev–Trinajstić information content (AvgIpc) is 2.90. The second-order valence-electron chi connectivity index (χ2n) is 5.58. The van der Waals surface area contributed by atoms with Crippen LogP contribution < -0.4 is 4.90 Å². The molecule has 2 aliphatic heterocycles. The van der Waals surface area contributed by atoms with Crippen LogP contribution in [-0.4, -0.2) is 34.3 Å². The minimum atomic E-state index is 0.407. The van der Waals surface area contributed by atoms with Crippen LogP contribution in [-0.2, 0) is 4.74 Å². The number of fused-ring (bicyclic) bond motifs is 3. The standard InChI is InChI=1S/C14H17N3OS/c1-9-6-17(19)14-13(9)4-10(5-15-14)16-7-11-2-3-12(8-16)18-11/h4-6,11-12,19H,2-3,7-8H2,1H3. The van der Waals surface area contributed by atoms with Gasteiger partial charge in [-0.05, 0) is 31.4 Å². The molecule has 0 spiro atoms. The number of aromatic nitrogens is 2. The number of hydrogen-bond donors (Lipinski definition) is 1. The van der Waals surface area contributed by atoms with Gasteiger partial charge >= 0.3 is 0 Å². The van der Waals surface area contributed by atoms with E-state index in [4.69, 9.17) is 4.74 Å². The van der Waals surface area contributed by atoms with Crippen molar-refractivity contribution in [2.24, 2.45) is 0 Å². The Morgan fingerprint density at radius 2 is 2.05 bits per heavy atom. The molecule has 4 nitrogen and oxygen atoms in total. The quantitative estimate of drug-likeness (QED) is 0.811. The van der Waals surface area contributed by atoms with E-state index in [0.717, 1.165) is 18.7 Å². The van der Waals surface area contributed by atoms with Crippen LogP contribution in [0.5, 0.6) is 0 Å². The lowest BCUT2D eigenvalue weighted by atomic mass is 10.2. The number of aryl methyl sites for hydroxylation is 1. The second-order valence-corrected chi connectivity index (χ2v) is 6.01. The predicted octanol–water partition coefficient (Wildman–Crippen LogP) is 2.41. The average molecular weight is 275 g/mol. The molecule has 2 aromatic rings. The summed E-state index contributed by atoms with van der Waals surface area (Å²) in [6.45, 7) is 4.08. The molecule has 0 aliphatic carbocycles. The smallest absolute Gasteiger partial charge is 0.150 e. The summed E-state index contributed by atoms with van der Waals surface area (Å²) >= 11 is 4.39. The number of thiol groups is 1. The molecule has 19 heavy (non-hydrogen) atoms. The van der Waals surface area contributed by atoms with E-state index in [2.05, 4.69) is 35.7 Å². The molecule has 0 amide bonds. The van der Waals surface area contributed by atoms with Crippen molar-refractivity contribution in [3.05, 3.63) is 24.0 Å². The SMILES string of the molecule is Cc1cn(S)c2ncc(N3CC4CCC(C3)O4)cc12. The first kappa shape index (κ1) is 11.6. The van der Waals surface area contributed by atoms with E-state index < -0.39 is 0 Å². The van der Waals surface area contributed by atoms with Gasteiger partial charge in [-0.15, -0.1) is 0 Å². The summed E-state index contributed by atoms with van der Waals surface area (Å²) in [7, 11) is 0. The van der Waals surface area contributed by atoms with Gasteiger partial charge in [-0.25, -0.2) is 4.98 Å². The maximum Gasteiger partial charge on any atom is 0.150 e. The topological polar surface area (TPSA) is 30.3 Å². The van der Waals surface area contributed by atoms with Crippen molar-refractivity contribution in [2.45, 2.75) is 32.0 Å². The highest BCUT2D eigenvalue weighted by atomic mass is 32.1. The summed E-state index contributed by atoms with van der Waals surface area (Å²) in [6, 6.07) is 2.23. The molecule has 2 saturated heterocycles. The highest BCUT2D eigenvalue weighted by Crippen LogP contribution is 2.31. The van der Waals surface area contributed by atoms with Gasteiger partial charge in [0.25, 0.3) is 0 Å².